The third kappa shape index (κ3) is 181. The molecule has 0 bridgehead atoms. The third-order valence-electron chi connectivity index (χ3n) is 8.50. The number of imide groups is 1. The molecule has 8 amide bonds. The largest absolute Gasteiger partial charge is 0.356 e. The van der Waals surface area contributed by atoms with Crippen LogP contribution in [0.5, 0.6) is 0 Å². The first-order chi connectivity index (χ1) is 50.8. The second-order valence-electron chi connectivity index (χ2n) is 18.4. The summed E-state index contributed by atoms with van der Waals surface area (Å²) in [4.78, 5) is 120. The van der Waals surface area contributed by atoms with Crippen LogP contribution in [0.25, 0.3) is 73.1 Å². The summed E-state index contributed by atoms with van der Waals surface area (Å²) in [6.45, 7) is 38.9. The minimum absolute atomic E-state index is 0.00389. The van der Waals surface area contributed by atoms with Crippen molar-refractivity contribution >= 4 is 53.2 Å². The molecule has 22 N–H and O–H groups in total. The fraction of sp³-hybridized carbons (Fsp3) is 0.850. The van der Waals surface area contributed by atoms with Crippen LogP contribution in [0, 0.1) is 0 Å². The van der Waals surface area contributed by atoms with Crippen LogP contribution in [-0.2, 0) is 48.0 Å². The van der Waals surface area contributed by atoms with Crippen molar-refractivity contribution in [2.75, 3.05) is 137 Å². The lowest BCUT2D eigenvalue weighted by molar-refractivity contribution is -0.197. The van der Waals surface area contributed by atoms with E-state index in [0.717, 1.165) is 52.4 Å². The standard InChI is InChI=1S/C8H10N4O4.6C6H12N4O.8C2H7N/c9-11-10-5-1-2-8(15)16-12-6(13)3-4-7(12)14;6*1-2-8-6(11)4-3-5-9-10-7;8*1-2-3/h1-5H2;6*2-5H2,1H3,(H,8,11);8*2-3H2,1H3. The Hall–Kier alpha value is -9.72. The Balaban J connectivity index is -0.0000000740. The van der Waals surface area contributed by atoms with Gasteiger partial charge in [-0.15, -0.1) is 5.06 Å². The molecule has 1 rings (SSSR count). The van der Waals surface area contributed by atoms with E-state index in [-0.39, 0.29) is 61.3 Å². The van der Waals surface area contributed by atoms with E-state index in [1.54, 1.807) is 0 Å². The van der Waals surface area contributed by atoms with Crippen molar-refractivity contribution in [1.29, 1.82) is 0 Å². The fourth-order valence-corrected chi connectivity index (χ4v) is 4.99. The van der Waals surface area contributed by atoms with E-state index in [0.29, 0.717) is 167 Å². The van der Waals surface area contributed by atoms with Crippen molar-refractivity contribution in [3.63, 3.8) is 0 Å². The minimum atomic E-state index is -0.684. The number of nitrogens with two attached hydrogens (primary N) is 8. The van der Waals surface area contributed by atoms with Crippen LogP contribution in [0.1, 0.15) is 200 Å². The van der Waals surface area contributed by atoms with Crippen molar-refractivity contribution in [2.45, 2.75) is 200 Å². The molecule has 618 valence electrons. The lowest BCUT2D eigenvalue weighted by Crippen LogP contribution is -2.32. The molecule has 46 heteroatoms. The minimum Gasteiger partial charge on any atom is -0.356 e. The maximum Gasteiger partial charge on any atom is 0.333 e. The fourth-order valence-electron chi connectivity index (χ4n) is 4.99. The number of rotatable bonds is 35. The predicted molar refractivity (Wildman–Crippen MR) is 420 cm³/mol. The van der Waals surface area contributed by atoms with Crippen LogP contribution in [-0.4, -0.2) is 196 Å². The molecule has 0 atom stereocenters. The molecule has 0 aromatic carbocycles. The second kappa shape index (κ2) is 138. The number of hydrogen-bond acceptors (Lipinski definition) is 25. The smallest absolute Gasteiger partial charge is 0.333 e. The molecule has 0 aliphatic carbocycles. The van der Waals surface area contributed by atoms with Gasteiger partial charge in [-0.2, -0.15) is 0 Å². The predicted octanol–water partition coefficient (Wildman–Crippen LogP) is 7.68. The van der Waals surface area contributed by atoms with E-state index in [2.05, 4.69) is 107 Å². The lowest BCUT2D eigenvalue weighted by atomic mass is 10.3. The summed E-state index contributed by atoms with van der Waals surface area (Å²) in [5, 5.41) is 39.4. The molecular weight excluding hydrogens is 1380 g/mol. The van der Waals surface area contributed by atoms with Crippen LogP contribution in [0.3, 0.4) is 0 Å². The van der Waals surface area contributed by atoms with Crippen molar-refractivity contribution in [3.05, 3.63) is 73.1 Å². The Morgan fingerprint density at radius 3 is 0.557 bits per heavy atom. The topological polar surface area (TPSA) is 788 Å². The van der Waals surface area contributed by atoms with Crippen LogP contribution in [0.4, 0.5) is 0 Å². The Bertz CT molecular complexity index is 1990. The molecule has 0 saturated carbocycles. The number of carbonyl (C=O) groups excluding carboxylic acids is 9. The van der Waals surface area contributed by atoms with Gasteiger partial charge in [-0.25, -0.2) is 4.79 Å². The molecule has 1 aliphatic heterocycles. The first kappa shape index (κ1) is 129. The molecular formula is C60H138N36O10. The van der Waals surface area contributed by atoms with Crippen LogP contribution in [0.15, 0.2) is 35.8 Å². The number of azide groups is 7. The Labute approximate surface area is 628 Å². The van der Waals surface area contributed by atoms with Gasteiger partial charge in [0.25, 0.3) is 11.8 Å². The molecule has 0 radical (unpaired) electrons. The lowest BCUT2D eigenvalue weighted by Gasteiger charge is -2.11. The molecule has 46 nitrogen and oxygen atoms in total. The molecule has 0 spiro atoms. The Morgan fingerprint density at radius 2 is 0.434 bits per heavy atom. The molecule has 1 saturated heterocycles. The summed E-state index contributed by atoms with van der Waals surface area (Å²) >= 11 is 0. The number of nitrogens with zero attached hydrogens (tertiary/aromatic N) is 22. The summed E-state index contributed by atoms with van der Waals surface area (Å²) in [7, 11) is 0. The third-order valence-corrected chi connectivity index (χ3v) is 8.50. The molecule has 1 aliphatic rings. The van der Waals surface area contributed by atoms with Gasteiger partial charge in [0.1, 0.15) is 0 Å². The van der Waals surface area contributed by atoms with Crippen molar-refractivity contribution in [1.82, 2.24) is 37.0 Å². The first-order valence-corrected chi connectivity index (χ1v) is 35.2. The van der Waals surface area contributed by atoms with E-state index < -0.39 is 17.8 Å². The molecule has 0 aromatic heterocycles. The average molecular weight is 1520 g/mol. The molecule has 1 heterocycles. The monoisotopic (exact) mass is 1520 g/mol. The van der Waals surface area contributed by atoms with Gasteiger partial charge < -0.3 is 82.6 Å². The van der Waals surface area contributed by atoms with Crippen LogP contribution < -0.4 is 77.8 Å². The zero-order chi connectivity index (χ0) is 84.8. The highest BCUT2D eigenvalue weighted by Gasteiger charge is 2.32. The van der Waals surface area contributed by atoms with Gasteiger partial charge in [-0.05, 0) is 178 Å². The van der Waals surface area contributed by atoms with Crippen LogP contribution in [0.2, 0.25) is 0 Å². The quantitative estimate of drug-likeness (QED) is 0.00950. The van der Waals surface area contributed by atoms with Gasteiger partial charge in [-0.1, -0.05) is 91.2 Å². The van der Waals surface area contributed by atoms with E-state index in [9.17, 15) is 43.2 Å². The first-order valence-electron chi connectivity index (χ1n) is 35.2. The van der Waals surface area contributed by atoms with Crippen LogP contribution >= 0.6 is 0 Å². The number of hydroxylamine groups is 2. The van der Waals surface area contributed by atoms with Gasteiger partial charge >= 0.3 is 5.97 Å². The summed E-state index contributed by atoms with van der Waals surface area (Å²) in [6.07, 6.45) is 6.81. The number of amides is 8. The SMILES string of the molecule is CCN.CCN.CCN.CCN.CCN.CCN.CCN.CCN.CCNC(=O)CCCN=[N+]=[N-].CCNC(=O)CCCN=[N+]=[N-].CCNC(=O)CCCN=[N+]=[N-].CCNC(=O)CCCN=[N+]=[N-].CCNC(=O)CCCN=[N+]=[N-].CCNC(=O)CCCN=[N+]=[N-].[N-]=[N+]=NCCCC(=O)ON1C(=O)CCC1=O. The average Bonchev–Trinajstić information content (AvgIpc) is 1.74. The Kier molecular flexibility index (Phi) is 168. The van der Waals surface area contributed by atoms with E-state index >= 15 is 0 Å². The number of nitrogens with one attached hydrogen (secondary N) is 6. The number of carbonyl (C=O) groups is 9. The summed E-state index contributed by atoms with van der Waals surface area (Å²) < 4.78 is 0. The molecule has 0 unspecified atom stereocenters. The van der Waals surface area contributed by atoms with E-state index in [1.807, 2.05) is 96.9 Å². The van der Waals surface area contributed by atoms with Gasteiger partial charge in [0.15, 0.2) is 0 Å². The summed E-state index contributed by atoms with van der Waals surface area (Å²) in [5.74, 6) is -1.61. The highest BCUT2D eigenvalue weighted by Crippen LogP contribution is 2.13. The van der Waals surface area contributed by atoms with E-state index in [1.165, 1.54) is 0 Å². The van der Waals surface area contributed by atoms with Crippen molar-refractivity contribution in [3.8, 4) is 0 Å². The maximum atomic E-state index is 11.2. The van der Waals surface area contributed by atoms with Gasteiger partial charge in [0.2, 0.25) is 35.4 Å². The zero-order valence-corrected chi connectivity index (χ0v) is 66.2. The maximum absolute atomic E-state index is 11.2. The van der Waals surface area contributed by atoms with Crippen molar-refractivity contribution in [2.24, 2.45) is 81.7 Å². The highest BCUT2D eigenvalue weighted by molar-refractivity contribution is 6.01. The van der Waals surface area contributed by atoms with Gasteiger partial charge in [0, 0.05) is 177 Å². The molecule has 106 heavy (non-hydrogen) atoms. The summed E-state index contributed by atoms with van der Waals surface area (Å²) in [6, 6.07) is 0. The molecule has 0 aromatic rings. The Morgan fingerprint density at radius 1 is 0.302 bits per heavy atom. The second-order valence-corrected chi connectivity index (χ2v) is 18.4. The van der Waals surface area contributed by atoms with Gasteiger partial charge in [-0.3, -0.25) is 38.4 Å². The molecule has 1 fully saturated rings. The van der Waals surface area contributed by atoms with E-state index in [4.69, 9.17) is 84.6 Å². The number of hydrogen-bond donors (Lipinski definition) is 14. The summed E-state index contributed by atoms with van der Waals surface area (Å²) in [5.41, 5.74) is 94.1. The normalized spacial score (nSPS) is 8.87. The highest BCUT2D eigenvalue weighted by atomic mass is 16.7. The van der Waals surface area contributed by atoms with Gasteiger partial charge in [0.05, 0.1) is 0 Å². The van der Waals surface area contributed by atoms with Crippen molar-refractivity contribution < 1.29 is 48.0 Å². The zero-order valence-electron chi connectivity index (χ0n) is 66.2.